The fourth-order valence-electron chi connectivity index (χ4n) is 4.16. The molecule has 6 heteroatoms. The number of hydrogen-bond acceptors (Lipinski definition) is 6. The summed E-state index contributed by atoms with van der Waals surface area (Å²) >= 11 is 0. The van der Waals surface area contributed by atoms with Gasteiger partial charge in [0.05, 0.1) is 17.3 Å². The minimum atomic E-state index is 0.0591. The molecular formula is C24H22N4O2. The van der Waals surface area contributed by atoms with Crippen LogP contribution < -0.4 is 5.43 Å². The van der Waals surface area contributed by atoms with E-state index in [1.54, 1.807) is 18.7 Å². The Morgan fingerprint density at radius 1 is 1.17 bits per heavy atom. The molecule has 0 unspecified atom stereocenters. The summed E-state index contributed by atoms with van der Waals surface area (Å²) in [5, 5.41) is 0.681. The summed E-state index contributed by atoms with van der Waals surface area (Å²) in [6.07, 6.45) is 7.84. The molecule has 4 heterocycles. The summed E-state index contributed by atoms with van der Waals surface area (Å²) in [6.45, 7) is 6.08. The number of rotatable bonds is 3. The highest BCUT2D eigenvalue weighted by Gasteiger charge is 2.21. The summed E-state index contributed by atoms with van der Waals surface area (Å²) in [7, 11) is 0. The van der Waals surface area contributed by atoms with E-state index in [0.717, 1.165) is 53.3 Å². The molecule has 0 fully saturated rings. The van der Waals surface area contributed by atoms with Gasteiger partial charge >= 0.3 is 0 Å². The maximum Gasteiger partial charge on any atom is 0.197 e. The SMILES string of the molecule is Cc1cc(C)c2c(=O)c(CN3CCc4nc(-c5ccncc5)ncc4C3)coc2c1. The molecule has 0 saturated heterocycles. The van der Waals surface area contributed by atoms with Gasteiger partial charge in [0.2, 0.25) is 0 Å². The van der Waals surface area contributed by atoms with Crippen LogP contribution in [0.2, 0.25) is 0 Å². The van der Waals surface area contributed by atoms with Crippen LogP contribution in [0, 0.1) is 13.8 Å². The van der Waals surface area contributed by atoms with Crippen molar-refractivity contribution < 1.29 is 4.42 Å². The summed E-state index contributed by atoms with van der Waals surface area (Å²) in [6, 6.07) is 7.78. The molecule has 1 aliphatic heterocycles. The van der Waals surface area contributed by atoms with Crippen molar-refractivity contribution >= 4 is 11.0 Å². The Bertz CT molecular complexity index is 1300. The van der Waals surface area contributed by atoms with E-state index in [0.29, 0.717) is 23.1 Å². The first-order valence-corrected chi connectivity index (χ1v) is 10.1. The summed E-state index contributed by atoms with van der Waals surface area (Å²) in [4.78, 5) is 28.7. The first-order chi connectivity index (χ1) is 14.6. The van der Waals surface area contributed by atoms with Crippen molar-refractivity contribution in [2.75, 3.05) is 6.54 Å². The van der Waals surface area contributed by atoms with E-state index in [1.807, 2.05) is 44.3 Å². The van der Waals surface area contributed by atoms with Crippen LogP contribution in [0.25, 0.3) is 22.4 Å². The van der Waals surface area contributed by atoms with Gasteiger partial charge < -0.3 is 4.42 Å². The van der Waals surface area contributed by atoms with Crippen molar-refractivity contribution in [3.8, 4) is 11.4 Å². The van der Waals surface area contributed by atoms with Gasteiger partial charge in [-0.3, -0.25) is 14.7 Å². The van der Waals surface area contributed by atoms with Crippen LogP contribution in [-0.4, -0.2) is 26.4 Å². The van der Waals surface area contributed by atoms with Gasteiger partial charge in [0, 0.05) is 61.3 Å². The molecular weight excluding hydrogens is 376 g/mol. The molecule has 0 saturated carbocycles. The van der Waals surface area contributed by atoms with E-state index in [-0.39, 0.29) is 5.43 Å². The van der Waals surface area contributed by atoms with Gasteiger partial charge in [0.15, 0.2) is 11.3 Å². The number of benzene rings is 1. The zero-order chi connectivity index (χ0) is 20.7. The molecule has 4 aromatic rings. The largest absolute Gasteiger partial charge is 0.464 e. The van der Waals surface area contributed by atoms with E-state index in [4.69, 9.17) is 9.40 Å². The third kappa shape index (κ3) is 3.39. The molecule has 6 nitrogen and oxygen atoms in total. The average Bonchev–Trinajstić information content (AvgIpc) is 2.75. The number of nitrogens with zero attached hydrogens (tertiary/aromatic N) is 4. The van der Waals surface area contributed by atoms with E-state index >= 15 is 0 Å². The van der Waals surface area contributed by atoms with E-state index in [1.165, 1.54) is 0 Å². The monoisotopic (exact) mass is 398 g/mol. The molecule has 0 atom stereocenters. The van der Waals surface area contributed by atoms with Crippen LogP contribution in [0.15, 0.2) is 58.3 Å². The second kappa shape index (κ2) is 7.46. The molecule has 0 bridgehead atoms. The smallest absolute Gasteiger partial charge is 0.197 e. The van der Waals surface area contributed by atoms with Gasteiger partial charge in [-0.2, -0.15) is 0 Å². The minimum absolute atomic E-state index is 0.0591. The van der Waals surface area contributed by atoms with Gasteiger partial charge in [0.25, 0.3) is 0 Å². The van der Waals surface area contributed by atoms with Crippen LogP contribution in [0.1, 0.15) is 27.9 Å². The quantitative estimate of drug-likeness (QED) is 0.522. The van der Waals surface area contributed by atoms with Gasteiger partial charge in [-0.15, -0.1) is 0 Å². The maximum absolute atomic E-state index is 13.1. The Morgan fingerprint density at radius 3 is 2.83 bits per heavy atom. The average molecular weight is 398 g/mol. The van der Waals surface area contributed by atoms with Crippen molar-refractivity contribution in [1.82, 2.24) is 19.9 Å². The van der Waals surface area contributed by atoms with Gasteiger partial charge in [-0.25, -0.2) is 9.97 Å². The highest BCUT2D eigenvalue weighted by molar-refractivity contribution is 5.81. The molecule has 0 amide bonds. The number of pyridine rings is 1. The molecule has 3 aromatic heterocycles. The summed E-state index contributed by atoms with van der Waals surface area (Å²) < 4.78 is 5.80. The van der Waals surface area contributed by atoms with Crippen molar-refractivity contribution in [3.05, 3.63) is 87.3 Å². The van der Waals surface area contributed by atoms with Crippen molar-refractivity contribution in [1.29, 1.82) is 0 Å². The number of fused-ring (bicyclic) bond motifs is 2. The first-order valence-electron chi connectivity index (χ1n) is 10.1. The highest BCUT2D eigenvalue weighted by Crippen LogP contribution is 2.23. The lowest BCUT2D eigenvalue weighted by Gasteiger charge is -2.27. The molecule has 0 aliphatic carbocycles. The highest BCUT2D eigenvalue weighted by atomic mass is 16.3. The molecule has 0 spiro atoms. The predicted molar refractivity (Wildman–Crippen MR) is 115 cm³/mol. The van der Waals surface area contributed by atoms with Crippen molar-refractivity contribution in [2.45, 2.75) is 33.4 Å². The standard InChI is InChI=1S/C24H22N4O2/c1-15-9-16(2)22-21(10-15)30-14-19(23(22)29)13-28-8-5-20-18(12-28)11-26-24(27-20)17-3-6-25-7-4-17/h3-4,6-7,9-11,14H,5,8,12-13H2,1-2H3. The molecule has 150 valence electrons. The van der Waals surface area contributed by atoms with Crippen LogP contribution in [0.5, 0.6) is 0 Å². The molecule has 5 rings (SSSR count). The van der Waals surface area contributed by atoms with E-state index in [2.05, 4.69) is 14.9 Å². The second-order valence-corrected chi connectivity index (χ2v) is 7.91. The fourth-order valence-corrected chi connectivity index (χ4v) is 4.16. The number of hydrogen-bond donors (Lipinski definition) is 0. The second-order valence-electron chi connectivity index (χ2n) is 7.91. The van der Waals surface area contributed by atoms with Crippen LogP contribution in [0.3, 0.4) is 0 Å². The Balaban J connectivity index is 1.39. The lowest BCUT2D eigenvalue weighted by atomic mass is 10.0. The molecule has 0 N–H and O–H groups in total. The Kier molecular flexibility index (Phi) is 4.64. The first kappa shape index (κ1) is 18.6. The van der Waals surface area contributed by atoms with Gasteiger partial charge in [-0.1, -0.05) is 6.07 Å². The van der Waals surface area contributed by atoms with E-state index in [9.17, 15) is 4.79 Å². The molecule has 30 heavy (non-hydrogen) atoms. The summed E-state index contributed by atoms with van der Waals surface area (Å²) in [5.41, 5.74) is 6.60. The third-order valence-corrected chi connectivity index (χ3v) is 5.64. The van der Waals surface area contributed by atoms with Crippen molar-refractivity contribution in [3.63, 3.8) is 0 Å². The van der Waals surface area contributed by atoms with Gasteiger partial charge in [-0.05, 0) is 43.2 Å². The lowest BCUT2D eigenvalue weighted by Crippen LogP contribution is -2.32. The van der Waals surface area contributed by atoms with E-state index < -0.39 is 0 Å². The predicted octanol–water partition coefficient (Wildman–Crippen LogP) is 3.82. The van der Waals surface area contributed by atoms with Crippen LogP contribution >= 0.6 is 0 Å². The maximum atomic E-state index is 13.1. The number of aromatic nitrogens is 3. The van der Waals surface area contributed by atoms with Gasteiger partial charge in [0.1, 0.15) is 5.58 Å². The zero-order valence-corrected chi connectivity index (χ0v) is 17.1. The van der Waals surface area contributed by atoms with Crippen molar-refractivity contribution in [2.24, 2.45) is 0 Å². The Labute approximate surface area is 174 Å². The number of aryl methyl sites for hydroxylation is 2. The zero-order valence-electron chi connectivity index (χ0n) is 17.1. The fraction of sp³-hybridized carbons (Fsp3) is 0.250. The lowest BCUT2D eigenvalue weighted by molar-refractivity contribution is 0.240. The minimum Gasteiger partial charge on any atom is -0.464 e. The molecule has 1 aliphatic rings. The molecule has 1 aromatic carbocycles. The third-order valence-electron chi connectivity index (χ3n) is 5.64. The van der Waals surface area contributed by atoms with Crippen LogP contribution in [0.4, 0.5) is 0 Å². The summed E-state index contributed by atoms with van der Waals surface area (Å²) in [5.74, 6) is 0.727. The topological polar surface area (TPSA) is 72.1 Å². The molecule has 0 radical (unpaired) electrons. The van der Waals surface area contributed by atoms with Crippen LogP contribution in [-0.2, 0) is 19.5 Å². The Morgan fingerprint density at radius 2 is 2.00 bits per heavy atom. The Hall–Kier alpha value is -3.38. The normalized spacial score (nSPS) is 14.1.